The van der Waals surface area contributed by atoms with E-state index in [0.29, 0.717) is 52.1 Å². The van der Waals surface area contributed by atoms with Gasteiger partial charge in [-0.2, -0.15) is 0 Å². The number of aromatic nitrogens is 6. The summed E-state index contributed by atoms with van der Waals surface area (Å²) < 4.78 is 27.7. The lowest BCUT2D eigenvalue weighted by atomic mass is 9.72. The highest BCUT2D eigenvalue weighted by Gasteiger charge is 2.37. The second-order valence-electron chi connectivity index (χ2n) is 13.5. The molecule has 16 nitrogen and oxygen atoms in total. The Morgan fingerprint density at radius 1 is 0.614 bits per heavy atom. The van der Waals surface area contributed by atoms with Crippen LogP contribution < -0.4 is 34.1 Å². The minimum absolute atomic E-state index is 0.00329. The maximum absolute atomic E-state index is 13.6. The quantitative estimate of drug-likeness (QED) is 0.248. The molecule has 4 aliphatic heterocycles. The smallest absolute Gasteiger partial charge is 0.338 e. The first-order valence-electron chi connectivity index (χ1n) is 15.2. The van der Waals surface area contributed by atoms with Crippen molar-refractivity contribution < 1.29 is 18.9 Å². The Balaban J connectivity index is 1.33. The molecule has 0 aliphatic carbocycles. The highest BCUT2D eigenvalue weighted by molar-refractivity contribution is 4.91. The standard InChI is InChI=1S/C28H40N6O10/c1-5-28(4,16-32-22(36)30(11-18-13-44-18)24(38)34(26(32)40)20-7-9-42-20)14-27(2,3)15-31-21(35)29(10-17-12-43-17)23(37)33(25(31)39)19-6-8-41-19/h17-20H,5-16H2,1-4H3. The molecule has 0 radical (unpaired) electrons. The van der Waals surface area contributed by atoms with Crippen LogP contribution in [0, 0.1) is 10.8 Å². The average Bonchev–Trinajstić information content (AvgIpc) is 3.84. The first-order valence-corrected chi connectivity index (χ1v) is 15.2. The van der Waals surface area contributed by atoms with Crippen molar-refractivity contribution in [3.8, 4) is 0 Å². The predicted molar refractivity (Wildman–Crippen MR) is 154 cm³/mol. The van der Waals surface area contributed by atoms with Crippen LogP contribution in [0.4, 0.5) is 0 Å². The molecule has 16 heteroatoms. The van der Waals surface area contributed by atoms with Crippen LogP contribution in [0.3, 0.4) is 0 Å². The third kappa shape index (κ3) is 5.75. The minimum Gasteiger partial charge on any atom is -0.371 e. The SMILES string of the molecule is CCC(C)(Cn1c(=O)n(CC2CO2)c(=O)n(C2CCO2)c1=O)CC(C)(C)Cn1c(=O)n(CC2CO2)c(=O)n(C2CCO2)c1=O. The summed E-state index contributed by atoms with van der Waals surface area (Å²) in [6.45, 7) is 9.40. The van der Waals surface area contributed by atoms with Crippen molar-refractivity contribution in [3.05, 3.63) is 62.9 Å². The molecular weight excluding hydrogens is 580 g/mol. The van der Waals surface area contributed by atoms with E-state index in [1.54, 1.807) is 0 Å². The van der Waals surface area contributed by atoms with Gasteiger partial charge in [-0.15, -0.1) is 0 Å². The van der Waals surface area contributed by atoms with E-state index in [0.717, 1.165) is 27.4 Å². The van der Waals surface area contributed by atoms with Gasteiger partial charge in [0.25, 0.3) is 0 Å². The summed E-state index contributed by atoms with van der Waals surface area (Å²) in [5.41, 5.74) is -5.70. The van der Waals surface area contributed by atoms with Crippen LogP contribution in [0.2, 0.25) is 0 Å². The first kappa shape index (κ1) is 30.7. The van der Waals surface area contributed by atoms with Crippen LogP contribution in [0.1, 0.15) is 65.8 Å². The average molecular weight is 621 g/mol. The van der Waals surface area contributed by atoms with Crippen LogP contribution in [0.15, 0.2) is 28.8 Å². The molecule has 6 rings (SSSR count). The van der Waals surface area contributed by atoms with E-state index in [4.69, 9.17) is 18.9 Å². The van der Waals surface area contributed by atoms with E-state index in [9.17, 15) is 28.8 Å². The van der Waals surface area contributed by atoms with Crippen molar-refractivity contribution in [2.75, 3.05) is 26.4 Å². The van der Waals surface area contributed by atoms with Crippen LogP contribution in [0.25, 0.3) is 0 Å². The van der Waals surface area contributed by atoms with Gasteiger partial charge in [-0.05, 0) is 23.7 Å². The lowest BCUT2D eigenvalue weighted by Crippen LogP contribution is -2.59. The van der Waals surface area contributed by atoms with Crippen LogP contribution in [-0.2, 0) is 45.1 Å². The van der Waals surface area contributed by atoms with Crippen molar-refractivity contribution in [1.29, 1.82) is 0 Å². The largest absolute Gasteiger partial charge is 0.371 e. The lowest BCUT2D eigenvalue weighted by Gasteiger charge is -2.38. The van der Waals surface area contributed by atoms with E-state index in [1.807, 2.05) is 27.7 Å². The number of epoxide rings is 2. The number of ether oxygens (including phenoxy) is 4. The maximum atomic E-state index is 13.6. The molecular formula is C28H40N6O10. The molecule has 5 atom stereocenters. The fraction of sp³-hybridized carbons (Fsp3) is 0.786. The Bertz CT molecular complexity index is 1800. The van der Waals surface area contributed by atoms with E-state index in [2.05, 4.69) is 0 Å². The molecule has 0 N–H and O–H groups in total. The van der Waals surface area contributed by atoms with Gasteiger partial charge in [0.1, 0.15) is 12.5 Å². The van der Waals surface area contributed by atoms with E-state index < -0.39 is 57.4 Å². The highest BCUT2D eigenvalue weighted by atomic mass is 16.6. The number of hydrogen-bond acceptors (Lipinski definition) is 10. The molecule has 4 fully saturated rings. The van der Waals surface area contributed by atoms with Crippen molar-refractivity contribution in [3.63, 3.8) is 0 Å². The molecule has 6 heterocycles. The van der Waals surface area contributed by atoms with Crippen molar-refractivity contribution in [2.45, 2.75) is 104 Å². The van der Waals surface area contributed by atoms with Crippen molar-refractivity contribution >= 4 is 0 Å². The predicted octanol–water partition coefficient (Wildman–Crippen LogP) is -1.17. The van der Waals surface area contributed by atoms with Crippen LogP contribution >= 0.6 is 0 Å². The normalized spacial score (nSPS) is 25.6. The Hall–Kier alpha value is -3.34. The zero-order chi connectivity index (χ0) is 31.6. The maximum Gasteiger partial charge on any atom is 0.338 e. The van der Waals surface area contributed by atoms with Crippen LogP contribution in [-0.4, -0.2) is 66.0 Å². The fourth-order valence-corrected chi connectivity index (χ4v) is 6.30. The van der Waals surface area contributed by atoms with Gasteiger partial charge in [-0.1, -0.05) is 27.7 Å². The molecule has 5 unspecified atom stereocenters. The molecule has 4 aliphatic rings. The van der Waals surface area contributed by atoms with Gasteiger partial charge in [0, 0.05) is 25.9 Å². The molecule has 0 amide bonds. The summed E-state index contributed by atoms with van der Waals surface area (Å²) in [5, 5.41) is 0. The molecule has 0 spiro atoms. The summed E-state index contributed by atoms with van der Waals surface area (Å²) in [6, 6.07) is 0. The molecule has 2 aromatic heterocycles. The lowest BCUT2D eigenvalue weighted by molar-refractivity contribution is -0.106. The zero-order valence-electron chi connectivity index (χ0n) is 25.6. The Labute approximate surface area is 250 Å². The number of hydrogen-bond donors (Lipinski definition) is 0. The summed E-state index contributed by atoms with van der Waals surface area (Å²) in [4.78, 5) is 80.6. The summed E-state index contributed by atoms with van der Waals surface area (Å²) >= 11 is 0. The van der Waals surface area contributed by atoms with E-state index >= 15 is 0 Å². The molecule has 2 aromatic rings. The summed E-state index contributed by atoms with van der Waals surface area (Å²) in [7, 11) is 0. The topological polar surface area (TPSA) is 176 Å². The molecule has 242 valence electrons. The van der Waals surface area contributed by atoms with Gasteiger partial charge in [0.05, 0.1) is 51.7 Å². The molecule has 4 saturated heterocycles. The monoisotopic (exact) mass is 620 g/mol. The minimum atomic E-state index is -0.738. The fourth-order valence-electron chi connectivity index (χ4n) is 6.30. The molecule has 44 heavy (non-hydrogen) atoms. The first-order chi connectivity index (χ1) is 20.8. The summed E-state index contributed by atoms with van der Waals surface area (Å²) in [5.74, 6) is 0. The second-order valence-corrected chi connectivity index (χ2v) is 13.5. The Morgan fingerprint density at radius 2 is 1.00 bits per heavy atom. The van der Waals surface area contributed by atoms with Crippen molar-refractivity contribution in [2.24, 2.45) is 10.8 Å². The Kier molecular flexibility index (Phi) is 7.83. The molecule has 0 bridgehead atoms. The Morgan fingerprint density at radius 3 is 1.34 bits per heavy atom. The highest BCUT2D eigenvalue weighted by Crippen LogP contribution is 2.38. The van der Waals surface area contributed by atoms with Gasteiger partial charge in [0.2, 0.25) is 0 Å². The third-order valence-electron chi connectivity index (χ3n) is 9.06. The van der Waals surface area contributed by atoms with Gasteiger partial charge in [-0.3, -0.25) is 0 Å². The summed E-state index contributed by atoms with van der Waals surface area (Å²) in [6.07, 6.45) is -0.0893. The number of nitrogens with zero attached hydrogens (tertiary/aromatic N) is 6. The zero-order valence-corrected chi connectivity index (χ0v) is 25.6. The molecule has 0 aromatic carbocycles. The van der Waals surface area contributed by atoms with Gasteiger partial charge >= 0.3 is 34.1 Å². The molecule has 0 saturated carbocycles. The van der Waals surface area contributed by atoms with Gasteiger partial charge < -0.3 is 18.9 Å². The van der Waals surface area contributed by atoms with E-state index in [-0.39, 0.29) is 38.4 Å². The third-order valence-corrected chi connectivity index (χ3v) is 9.06. The van der Waals surface area contributed by atoms with Crippen molar-refractivity contribution in [1.82, 2.24) is 27.4 Å². The number of rotatable bonds is 13. The van der Waals surface area contributed by atoms with E-state index in [1.165, 1.54) is 0 Å². The van der Waals surface area contributed by atoms with Gasteiger partial charge in [0.15, 0.2) is 0 Å². The second kappa shape index (κ2) is 11.2. The van der Waals surface area contributed by atoms with Gasteiger partial charge in [-0.25, -0.2) is 56.2 Å². The van der Waals surface area contributed by atoms with Crippen LogP contribution in [0.5, 0.6) is 0 Å².